The Balaban J connectivity index is 1.91. The number of rotatable bonds is 4. The van der Waals surface area contributed by atoms with Gasteiger partial charge >= 0.3 is 0 Å². The predicted molar refractivity (Wildman–Crippen MR) is 73.9 cm³/mol. The molecule has 1 fully saturated rings. The van der Waals surface area contributed by atoms with Gasteiger partial charge in [0.25, 0.3) is 0 Å². The molecule has 1 saturated carbocycles. The van der Waals surface area contributed by atoms with Crippen molar-refractivity contribution in [3.63, 3.8) is 0 Å². The number of halogens is 2. The van der Waals surface area contributed by atoms with Gasteiger partial charge in [-0.05, 0) is 40.0 Å². The van der Waals surface area contributed by atoms with Crippen LogP contribution in [0.4, 0.5) is 4.39 Å². The molecular weight excluding hydrogens is 297 g/mol. The first-order valence-corrected chi connectivity index (χ1v) is 6.94. The highest BCUT2D eigenvalue weighted by Crippen LogP contribution is 2.42. The van der Waals surface area contributed by atoms with Crippen LogP contribution in [0, 0.1) is 11.2 Å². The maximum Gasteiger partial charge on any atom is 0.137 e. The monoisotopic (exact) mass is 315 g/mol. The fraction of sp³-hybridized carbons (Fsp3) is 0.571. The van der Waals surface area contributed by atoms with E-state index >= 15 is 0 Å². The van der Waals surface area contributed by atoms with Gasteiger partial charge in [0.2, 0.25) is 0 Å². The van der Waals surface area contributed by atoms with Gasteiger partial charge in [0, 0.05) is 25.1 Å². The summed E-state index contributed by atoms with van der Waals surface area (Å²) in [5.41, 5.74) is 1.11. The maximum absolute atomic E-state index is 13.4. The Morgan fingerprint density at radius 3 is 2.78 bits per heavy atom. The molecule has 0 aliphatic heterocycles. The lowest BCUT2D eigenvalue weighted by molar-refractivity contribution is -0.0979. The number of hydrogen-bond acceptors (Lipinski definition) is 2. The lowest BCUT2D eigenvalue weighted by Crippen LogP contribution is -2.60. The number of hydrogen-bond donors (Lipinski definition) is 1. The lowest BCUT2D eigenvalue weighted by Gasteiger charge is -2.51. The van der Waals surface area contributed by atoms with Crippen LogP contribution >= 0.6 is 15.9 Å². The normalized spacial score (nSPS) is 25.8. The molecule has 2 rings (SSSR count). The van der Waals surface area contributed by atoms with Crippen LogP contribution in [0.3, 0.4) is 0 Å². The van der Waals surface area contributed by atoms with E-state index in [0.717, 1.165) is 12.0 Å². The molecule has 0 bridgehead atoms. The van der Waals surface area contributed by atoms with Gasteiger partial charge < -0.3 is 10.1 Å². The van der Waals surface area contributed by atoms with Crippen molar-refractivity contribution in [2.75, 3.05) is 7.11 Å². The molecule has 2 unspecified atom stereocenters. The summed E-state index contributed by atoms with van der Waals surface area (Å²) in [6.07, 6.45) is 1.33. The van der Waals surface area contributed by atoms with E-state index in [-0.39, 0.29) is 11.2 Å². The molecule has 1 aliphatic rings. The van der Waals surface area contributed by atoms with E-state index in [0.29, 0.717) is 23.2 Å². The molecule has 2 atom stereocenters. The molecule has 1 aromatic rings. The first-order valence-electron chi connectivity index (χ1n) is 6.15. The quantitative estimate of drug-likeness (QED) is 0.918. The molecule has 1 aromatic carbocycles. The van der Waals surface area contributed by atoms with E-state index in [4.69, 9.17) is 4.74 Å². The summed E-state index contributed by atoms with van der Waals surface area (Å²) >= 11 is 3.16. The Labute approximate surface area is 116 Å². The minimum absolute atomic E-state index is 0.142. The molecule has 0 spiro atoms. The topological polar surface area (TPSA) is 21.3 Å². The lowest BCUT2D eigenvalue weighted by atomic mass is 9.64. The molecule has 0 radical (unpaired) electrons. The van der Waals surface area contributed by atoms with Crippen LogP contribution in [0.2, 0.25) is 0 Å². The summed E-state index contributed by atoms with van der Waals surface area (Å²) in [6.45, 7) is 5.09. The molecule has 1 N–H and O–H groups in total. The Morgan fingerprint density at radius 1 is 1.50 bits per heavy atom. The van der Waals surface area contributed by atoms with E-state index in [1.54, 1.807) is 19.2 Å². The molecule has 0 heterocycles. The zero-order chi connectivity index (χ0) is 13.3. The largest absolute Gasteiger partial charge is 0.381 e. The third-order valence-electron chi connectivity index (χ3n) is 4.00. The standard InChI is InChI=1S/C14H19BrFNO/c1-14(2)12(7-13(14)18-3)17-8-9-4-5-10(15)11(16)6-9/h4-6,12-13,17H,7-8H2,1-3H3. The molecule has 100 valence electrons. The minimum atomic E-state index is -0.211. The zero-order valence-electron chi connectivity index (χ0n) is 11.0. The second kappa shape index (κ2) is 5.27. The van der Waals surface area contributed by atoms with Crippen LogP contribution in [0.1, 0.15) is 25.8 Å². The Kier molecular flexibility index (Phi) is 4.09. The Hall–Kier alpha value is -0.450. The molecular formula is C14H19BrFNO. The smallest absolute Gasteiger partial charge is 0.137 e. The van der Waals surface area contributed by atoms with Crippen molar-refractivity contribution in [2.45, 2.75) is 39.0 Å². The van der Waals surface area contributed by atoms with Crippen molar-refractivity contribution in [3.8, 4) is 0 Å². The highest BCUT2D eigenvalue weighted by molar-refractivity contribution is 9.10. The molecule has 2 nitrogen and oxygen atoms in total. The maximum atomic E-state index is 13.4. The van der Waals surface area contributed by atoms with Crippen LogP contribution < -0.4 is 5.32 Å². The Morgan fingerprint density at radius 2 is 2.22 bits per heavy atom. The van der Waals surface area contributed by atoms with Crippen molar-refractivity contribution in [3.05, 3.63) is 34.1 Å². The van der Waals surface area contributed by atoms with Gasteiger partial charge in [-0.1, -0.05) is 19.9 Å². The van der Waals surface area contributed by atoms with Crippen LogP contribution in [0.25, 0.3) is 0 Å². The van der Waals surface area contributed by atoms with Gasteiger partial charge in [0.05, 0.1) is 10.6 Å². The predicted octanol–water partition coefficient (Wildman–Crippen LogP) is 3.49. The summed E-state index contributed by atoms with van der Waals surface area (Å²) in [4.78, 5) is 0. The second-order valence-corrected chi connectivity index (χ2v) is 6.32. The average Bonchev–Trinajstić information content (AvgIpc) is 2.32. The van der Waals surface area contributed by atoms with Crippen molar-refractivity contribution in [2.24, 2.45) is 5.41 Å². The SMILES string of the molecule is COC1CC(NCc2ccc(Br)c(F)c2)C1(C)C. The van der Waals surface area contributed by atoms with Gasteiger partial charge in [-0.3, -0.25) is 0 Å². The fourth-order valence-electron chi connectivity index (χ4n) is 2.52. The first-order chi connectivity index (χ1) is 8.45. The number of ether oxygens (including phenoxy) is 1. The van der Waals surface area contributed by atoms with E-state index in [1.165, 1.54) is 0 Å². The van der Waals surface area contributed by atoms with Crippen molar-refractivity contribution in [1.29, 1.82) is 0 Å². The summed E-state index contributed by atoms with van der Waals surface area (Å²) < 4.78 is 19.3. The van der Waals surface area contributed by atoms with Crippen LogP contribution in [-0.4, -0.2) is 19.3 Å². The van der Waals surface area contributed by atoms with Crippen molar-refractivity contribution >= 4 is 15.9 Å². The fourth-order valence-corrected chi connectivity index (χ4v) is 2.77. The molecule has 4 heteroatoms. The van der Waals surface area contributed by atoms with Gasteiger partial charge in [-0.15, -0.1) is 0 Å². The van der Waals surface area contributed by atoms with Crippen LogP contribution in [0.15, 0.2) is 22.7 Å². The van der Waals surface area contributed by atoms with Gasteiger partial charge in [0.15, 0.2) is 0 Å². The highest BCUT2D eigenvalue weighted by atomic mass is 79.9. The Bertz CT molecular complexity index is 436. The number of nitrogens with one attached hydrogen (secondary N) is 1. The number of methoxy groups -OCH3 is 1. The van der Waals surface area contributed by atoms with Gasteiger partial charge in [-0.25, -0.2) is 4.39 Å². The summed E-state index contributed by atoms with van der Waals surface area (Å²) in [6, 6.07) is 5.67. The second-order valence-electron chi connectivity index (χ2n) is 5.46. The van der Waals surface area contributed by atoms with E-state index in [9.17, 15) is 4.39 Å². The van der Waals surface area contributed by atoms with E-state index in [1.807, 2.05) is 6.07 Å². The number of benzene rings is 1. The van der Waals surface area contributed by atoms with Crippen LogP contribution in [0.5, 0.6) is 0 Å². The molecule has 0 amide bonds. The van der Waals surface area contributed by atoms with Gasteiger partial charge in [0.1, 0.15) is 5.82 Å². The van der Waals surface area contributed by atoms with E-state index < -0.39 is 0 Å². The minimum Gasteiger partial charge on any atom is -0.381 e. The molecule has 0 aromatic heterocycles. The first kappa shape index (κ1) is 14.0. The summed E-state index contributed by atoms with van der Waals surface area (Å²) in [7, 11) is 1.76. The zero-order valence-corrected chi connectivity index (χ0v) is 12.6. The molecule has 1 aliphatic carbocycles. The van der Waals surface area contributed by atoms with Crippen molar-refractivity contribution < 1.29 is 9.13 Å². The van der Waals surface area contributed by atoms with E-state index in [2.05, 4.69) is 35.1 Å². The van der Waals surface area contributed by atoms with Crippen LogP contribution in [-0.2, 0) is 11.3 Å². The summed E-state index contributed by atoms with van der Waals surface area (Å²) in [5, 5.41) is 3.47. The highest BCUT2D eigenvalue weighted by Gasteiger charge is 2.48. The van der Waals surface area contributed by atoms with Crippen molar-refractivity contribution in [1.82, 2.24) is 5.32 Å². The summed E-state index contributed by atoms with van der Waals surface area (Å²) in [5.74, 6) is -0.211. The molecule has 0 saturated heterocycles. The average molecular weight is 316 g/mol. The third-order valence-corrected chi connectivity index (χ3v) is 4.64. The van der Waals surface area contributed by atoms with Gasteiger partial charge in [-0.2, -0.15) is 0 Å². The molecule has 18 heavy (non-hydrogen) atoms. The third kappa shape index (κ3) is 2.60.